The van der Waals surface area contributed by atoms with Crippen LogP contribution in [0.1, 0.15) is 38.8 Å². The van der Waals surface area contributed by atoms with Crippen molar-refractivity contribution in [3.63, 3.8) is 0 Å². The van der Waals surface area contributed by atoms with Gasteiger partial charge in [-0.3, -0.25) is 0 Å². The predicted molar refractivity (Wildman–Crippen MR) is 77.5 cm³/mol. The molecule has 0 aliphatic carbocycles. The molecular weight excluding hydrogens is 222 g/mol. The quantitative estimate of drug-likeness (QED) is 0.612. The molecular formula is C16H25NO. The van der Waals surface area contributed by atoms with Crippen LogP contribution in [-0.2, 0) is 17.9 Å². The van der Waals surface area contributed by atoms with Gasteiger partial charge in [-0.05, 0) is 38.8 Å². The van der Waals surface area contributed by atoms with Gasteiger partial charge in [-0.2, -0.15) is 0 Å². The third-order valence-corrected chi connectivity index (χ3v) is 2.56. The molecule has 2 nitrogen and oxygen atoms in total. The summed E-state index contributed by atoms with van der Waals surface area (Å²) in [6.07, 6.45) is 4.02. The van der Waals surface area contributed by atoms with Crippen LogP contribution < -0.4 is 5.32 Å². The van der Waals surface area contributed by atoms with Crippen molar-refractivity contribution < 1.29 is 4.74 Å². The smallest absolute Gasteiger partial charge is 0.0721 e. The fourth-order valence-corrected chi connectivity index (χ4v) is 1.46. The van der Waals surface area contributed by atoms with Crippen molar-refractivity contribution in [3.8, 4) is 0 Å². The highest BCUT2D eigenvalue weighted by atomic mass is 16.5. The lowest BCUT2D eigenvalue weighted by atomic mass is 10.1. The molecule has 2 heteroatoms. The Morgan fingerprint density at radius 2 is 1.72 bits per heavy atom. The molecule has 0 bridgehead atoms. The summed E-state index contributed by atoms with van der Waals surface area (Å²) in [5, 5.41) is 3.48. The third kappa shape index (κ3) is 6.58. The van der Waals surface area contributed by atoms with Crippen LogP contribution in [0.25, 0.3) is 0 Å². The van der Waals surface area contributed by atoms with Crippen LogP contribution in [0.5, 0.6) is 0 Å². The monoisotopic (exact) mass is 247 g/mol. The molecule has 0 saturated heterocycles. The van der Waals surface area contributed by atoms with E-state index in [0.717, 1.165) is 6.54 Å². The molecule has 0 heterocycles. The van der Waals surface area contributed by atoms with Gasteiger partial charge in [0, 0.05) is 12.1 Å². The molecule has 0 aromatic heterocycles. The molecule has 0 unspecified atom stereocenters. The van der Waals surface area contributed by atoms with Gasteiger partial charge in [0.05, 0.1) is 13.2 Å². The molecule has 0 aliphatic rings. The van der Waals surface area contributed by atoms with Gasteiger partial charge < -0.3 is 10.1 Å². The van der Waals surface area contributed by atoms with E-state index in [0.29, 0.717) is 13.2 Å². The van der Waals surface area contributed by atoms with Crippen molar-refractivity contribution in [2.45, 2.75) is 46.4 Å². The first-order valence-corrected chi connectivity index (χ1v) is 6.53. The van der Waals surface area contributed by atoms with Crippen LogP contribution >= 0.6 is 0 Å². The normalized spacial score (nSPS) is 12.2. The summed E-state index contributed by atoms with van der Waals surface area (Å²) < 4.78 is 5.51. The third-order valence-electron chi connectivity index (χ3n) is 2.56. The Balaban J connectivity index is 2.38. The highest BCUT2D eigenvalue weighted by Crippen LogP contribution is 2.08. The van der Waals surface area contributed by atoms with Crippen molar-refractivity contribution in [1.29, 1.82) is 0 Å². The molecule has 0 amide bonds. The summed E-state index contributed by atoms with van der Waals surface area (Å²) >= 11 is 0. The van der Waals surface area contributed by atoms with E-state index in [1.165, 1.54) is 11.1 Å². The fraction of sp³-hybridized carbons (Fsp3) is 0.500. The van der Waals surface area contributed by atoms with Gasteiger partial charge in [-0.25, -0.2) is 0 Å². The maximum atomic E-state index is 5.51. The molecule has 0 aliphatic heterocycles. The minimum Gasteiger partial charge on any atom is -0.373 e. The van der Waals surface area contributed by atoms with Gasteiger partial charge >= 0.3 is 0 Å². The first-order valence-electron chi connectivity index (χ1n) is 6.53. The Kier molecular flexibility index (Phi) is 6.10. The second-order valence-corrected chi connectivity index (χ2v) is 5.50. The zero-order chi connectivity index (χ0) is 13.4. The maximum absolute atomic E-state index is 5.51. The summed E-state index contributed by atoms with van der Waals surface area (Å²) in [5.74, 6) is 0. The van der Waals surface area contributed by atoms with Gasteiger partial charge in [0.25, 0.3) is 0 Å². The Bertz CT molecular complexity index is 360. The zero-order valence-corrected chi connectivity index (χ0v) is 12.0. The molecule has 0 atom stereocenters. The standard InChI is InChI=1S/C16H25NO/c1-5-6-11-18-13-15-9-7-14(8-10-15)12-17-16(2,3)4/h5-10,17H,11-13H2,1-4H3. The summed E-state index contributed by atoms with van der Waals surface area (Å²) in [6, 6.07) is 8.59. The van der Waals surface area contributed by atoms with E-state index in [9.17, 15) is 0 Å². The van der Waals surface area contributed by atoms with Crippen LogP contribution in [0, 0.1) is 0 Å². The van der Waals surface area contributed by atoms with Crippen molar-refractivity contribution >= 4 is 0 Å². The fourth-order valence-electron chi connectivity index (χ4n) is 1.46. The van der Waals surface area contributed by atoms with E-state index < -0.39 is 0 Å². The predicted octanol–water partition coefficient (Wildman–Crippen LogP) is 3.67. The number of hydrogen-bond acceptors (Lipinski definition) is 2. The van der Waals surface area contributed by atoms with Gasteiger partial charge in [-0.1, -0.05) is 36.4 Å². The van der Waals surface area contributed by atoms with Gasteiger partial charge in [0.2, 0.25) is 0 Å². The molecule has 0 fully saturated rings. The van der Waals surface area contributed by atoms with E-state index >= 15 is 0 Å². The minimum absolute atomic E-state index is 0.161. The average Bonchev–Trinajstić information content (AvgIpc) is 2.33. The number of ether oxygens (including phenoxy) is 1. The SMILES string of the molecule is CC=CCOCc1ccc(CNC(C)(C)C)cc1. The lowest BCUT2D eigenvalue weighted by molar-refractivity contribution is 0.148. The van der Waals surface area contributed by atoms with Gasteiger partial charge in [0.15, 0.2) is 0 Å². The van der Waals surface area contributed by atoms with E-state index in [2.05, 4.69) is 50.4 Å². The Labute approximate surface area is 111 Å². The van der Waals surface area contributed by atoms with Crippen molar-refractivity contribution in [1.82, 2.24) is 5.32 Å². The summed E-state index contributed by atoms with van der Waals surface area (Å²) in [6.45, 7) is 10.8. The molecule has 100 valence electrons. The topological polar surface area (TPSA) is 21.3 Å². The second-order valence-electron chi connectivity index (χ2n) is 5.50. The molecule has 1 aromatic carbocycles. The van der Waals surface area contributed by atoms with Crippen LogP contribution in [0.15, 0.2) is 36.4 Å². The number of allylic oxidation sites excluding steroid dienone is 1. The second kappa shape index (κ2) is 7.34. The van der Waals surface area contributed by atoms with Crippen molar-refractivity contribution in [3.05, 3.63) is 47.5 Å². The van der Waals surface area contributed by atoms with E-state index in [4.69, 9.17) is 4.74 Å². The first kappa shape index (κ1) is 14.9. The number of nitrogens with one attached hydrogen (secondary N) is 1. The average molecular weight is 247 g/mol. The van der Waals surface area contributed by atoms with Crippen LogP contribution in [0.4, 0.5) is 0 Å². The Hall–Kier alpha value is -1.12. The first-order chi connectivity index (χ1) is 8.51. The molecule has 1 N–H and O–H groups in total. The summed E-state index contributed by atoms with van der Waals surface area (Å²) in [5.41, 5.74) is 2.69. The summed E-state index contributed by atoms with van der Waals surface area (Å²) in [7, 11) is 0. The summed E-state index contributed by atoms with van der Waals surface area (Å²) in [4.78, 5) is 0. The van der Waals surface area contributed by atoms with E-state index in [1.807, 2.05) is 19.1 Å². The molecule has 0 spiro atoms. The highest BCUT2D eigenvalue weighted by Gasteiger charge is 2.07. The maximum Gasteiger partial charge on any atom is 0.0721 e. The Morgan fingerprint density at radius 3 is 2.28 bits per heavy atom. The van der Waals surface area contributed by atoms with Crippen molar-refractivity contribution in [2.24, 2.45) is 0 Å². The number of benzene rings is 1. The Morgan fingerprint density at radius 1 is 1.11 bits per heavy atom. The lowest BCUT2D eigenvalue weighted by Crippen LogP contribution is -2.35. The van der Waals surface area contributed by atoms with Crippen LogP contribution in [0.2, 0.25) is 0 Å². The number of rotatable bonds is 6. The molecule has 0 radical (unpaired) electrons. The van der Waals surface area contributed by atoms with E-state index in [1.54, 1.807) is 0 Å². The van der Waals surface area contributed by atoms with Crippen LogP contribution in [-0.4, -0.2) is 12.1 Å². The molecule has 0 saturated carbocycles. The largest absolute Gasteiger partial charge is 0.373 e. The lowest BCUT2D eigenvalue weighted by Gasteiger charge is -2.20. The van der Waals surface area contributed by atoms with Gasteiger partial charge in [0.1, 0.15) is 0 Å². The van der Waals surface area contributed by atoms with Crippen LogP contribution in [0.3, 0.4) is 0 Å². The zero-order valence-electron chi connectivity index (χ0n) is 12.0. The van der Waals surface area contributed by atoms with Gasteiger partial charge in [-0.15, -0.1) is 0 Å². The van der Waals surface area contributed by atoms with E-state index in [-0.39, 0.29) is 5.54 Å². The molecule has 18 heavy (non-hydrogen) atoms. The molecule has 1 rings (SSSR count). The van der Waals surface area contributed by atoms with Crippen molar-refractivity contribution in [2.75, 3.05) is 6.61 Å². The highest BCUT2D eigenvalue weighted by molar-refractivity contribution is 5.22. The minimum atomic E-state index is 0.161. The molecule has 1 aromatic rings. The number of hydrogen-bond donors (Lipinski definition) is 1.